The molecule has 0 saturated carbocycles. The molecule has 0 spiro atoms. The topological polar surface area (TPSA) is 21.3 Å². The van der Waals surface area contributed by atoms with Crippen LogP contribution in [0.2, 0.25) is 0 Å². The van der Waals surface area contributed by atoms with Gasteiger partial charge in [0, 0.05) is 11.3 Å². The molecule has 1 fully saturated rings. The third-order valence-electron chi connectivity index (χ3n) is 4.44. The summed E-state index contributed by atoms with van der Waals surface area (Å²) in [7, 11) is 0. The van der Waals surface area contributed by atoms with Crippen LogP contribution in [0, 0.1) is 0 Å². The molecule has 3 rings (SSSR count). The molecule has 2 heterocycles. The standard InChI is InChI=1S/C17H25NOS/c1-2-18-15(17-8-5-11-20-17)12-16-14-7-4-3-6-13(14)9-10-19-16/h3-4,6-7,15-18H,2,5,8-12H2,1H3. The SMILES string of the molecule is CCNC(CC1OCCc2ccccc21)C1CCCS1. The summed E-state index contributed by atoms with van der Waals surface area (Å²) in [4.78, 5) is 0. The second-order valence-corrected chi connectivity index (χ2v) is 7.11. The highest BCUT2D eigenvalue weighted by molar-refractivity contribution is 8.00. The molecular weight excluding hydrogens is 266 g/mol. The fourth-order valence-corrected chi connectivity index (χ4v) is 4.86. The van der Waals surface area contributed by atoms with E-state index < -0.39 is 0 Å². The molecule has 0 amide bonds. The highest BCUT2D eigenvalue weighted by Crippen LogP contribution is 2.36. The summed E-state index contributed by atoms with van der Waals surface area (Å²) < 4.78 is 6.09. The summed E-state index contributed by atoms with van der Waals surface area (Å²) >= 11 is 2.14. The minimum atomic E-state index is 0.283. The third-order valence-corrected chi connectivity index (χ3v) is 5.96. The summed E-state index contributed by atoms with van der Waals surface area (Å²) in [5, 5.41) is 4.47. The van der Waals surface area contributed by atoms with Gasteiger partial charge in [0.05, 0.1) is 12.7 Å². The van der Waals surface area contributed by atoms with Gasteiger partial charge in [-0.3, -0.25) is 0 Å². The average Bonchev–Trinajstić information content (AvgIpc) is 3.01. The zero-order valence-corrected chi connectivity index (χ0v) is 13.1. The summed E-state index contributed by atoms with van der Waals surface area (Å²) in [6.45, 7) is 4.14. The van der Waals surface area contributed by atoms with Gasteiger partial charge >= 0.3 is 0 Å². The van der Waals surface area contributed by atoms with Gasteiger partial charge in [-0.2, -0.15) is 11.8 Å². The molecule has 2 aliphatic rings. The van der Waals surface area contributed by atoms with Crippen LogP contribution < -0.4 is 5.32 Å². The maximum atomic E-state index is 6.09. The molecule has 1 N–H and O–H groups in total. The molecule has 1 saturated heterocycles. The van der Waals surface area contributed by atoms with Crippen LogP contribution in [0.25, 0.3) is 0 Å². The average molecular weight is 291 g/mol. The van der Waals surface area contributed by atoms with Crippen molar-refractivity contribution in [2.75, 3.05) is 18.9 Å². The van der Waals surface area contributed by atoms with E-state index in [4.69, 9.17) is 4.74 Å². The van der Waals surface area contributed by atoms with Crippen molar-refractivity contribution < 1.29 is 4.74 Å². The van der Waals surface area contributed by atoms with E-state index in [1.54, 1.807) is 0 Å². The molecule has 1 aromatic rings. The van der Waals surface area contributed by atoms with E-state index in [1.807, 2.05) is 0 Å². The van der Waals surface area contributed by atoms with Gasteiger partial charge in [-0.1, -0.05) is 31.2 Å². The predicted octanol–water partition coefficient (Wildman–Crippen LogP) is 3.56. The van der Waals surface area contributed by atoms with Gasteiger partial charge in [0.15, 0.2) is 0 Å². The summed E-state index contributed by atoms with van der Waals surface area (Å²) in [5.41, 5.74) is 2.91. The monoisotopic (exact) mass is 291 g/mol. The smallest absolute Gasteiger partial charge is 0.0843 e. The number of rotatable bonds is 5. The largest absolute Gasteiger partial charge is 0.373 e. The van der Waals surface area contributed by atoms with Gasteiger partial charge in [-0.15, -0.1) is 0 Å². The van der Waals surface area contributed by atoms with E-state index in [-0.39, 0.29) is 6.10 Å². The first-order valence-electron chi connectivity index (χ1n) is 7.93. The van der Waals surface area contributed by atoms with E-state index in [9.17, 15) is 0 Å². The lowest BCUT2D eigenvalue weighted by Crippen LogP contribution is -2.39. The number of nitrogens with one attached hydrogen (secondary N) is 1. The summed E-state index contributed by atoms with van der Waals surface area (Å²) in [5.74, 6) is 1.33. The Hall–Kier alpha value is -0.510. The third kappa shape index (κ3) is 3.21. The van der Waals surface area contributed by atoms with Crippen molar-refractivity contribution in [1.29, 1.82) is 0 Å². The van der Waals surface area contributed by atoms with Crippen LogP contribution in [0.4, 0.5) is 0 Å². The van der Waals surface area contributed by atoms with Crippen molar-refractivity contribution in [3.63, 3.8) is 0 Å². The summed E-state index contributed by atoms with van der Waals surface area (Å²) in [6, 6.07) is 9.40. The predicted molar refractivity (Wildman–Crippen MR) is 86.4 cm³/mol. The molecule has 110 valence electrons. The number of fused-ring (bicyclic) bond motifs is 1. The molecule has 20 heavy (non-hydrogen) atoms. The second kappa shape index (κ2) is 6.97. The van der Waals surface area contributed by atoms with Crippen molar-refractivity contribution in [3.05, 3.63) is 35.4 Å². The zero-order chi connectivity index (χ0) is 13.8. The lowest BCUT2D eigenvalue weighted by Gasteiger charge is -2.32. The Morgan fingerprint density at radius 2 is 2.30 bits per heavy atom. The van der Waals surface area contributed by atoms with Gasteiger partial charge < -0.3 is 10.1 Å². The first-order valence-corrected chi connectivity index (χ1v) is 8.97. The highest BCUT2D eigenvalue weighted by atomic mass is 32.2. The van der Waals surface area contributed by atoms with Crippen molar-refractivity contribution >= 4 is 11.8 Å². The Bertz CT molecular complexity index is 431. The molecule has 0 aromatic heterocycles. The molecule has 3 unspecified atom stereocenters. The van der Waals surface area contributed by atoms with E-state index in [1.165, 1.54) is 29.7 Å². The number of hydrogen-bond acceptors (Lipinski definition) is 3. The van der Waals surface area contributed by atoms with E-state index in [2.05, 4.69) is 48.3 Å². The minimum Gasteiger partial charge on any atom is -0.373 e. The fourth-order valence-electron chi connectivity index (χ4n) is 3.45. The van der Waals surface area contributed by atoms with Crippen molar-refractivity contribution in [2.45, 2.75) is 50.0 Å². The minimum absolute atomic E-state index is 0.283. The molecule has 3 atom stereocenters. The maximum Gasteiger partial charge on any atom is 0.0843 e. The lowest BCUT2D eigenvalue weighted by atomic mass is 9.92. The number of hydrogen-bond donors (Lipinski definition) is 1. The lowest BCUT2D eigenvalue weighted by molar-refractivity contribution is 0.0294. The van der Waals surface area contributed by atoms with Crippen LogP contribution in [0.5, 0.6) is 0 Å². The number of thioether (sulfide) groups is 1. The fraction of sp³-hybridized carbons (Fsp3) is 0.647. The maximum absolute atomic E-state index is 6.09. The Balaban J connectivity index is 1.72. The summed E-state index contributed by atoms with van der Waals surface area (Å²) in [6.07, 6.45) is 5.19. The first-order chi connectivity index (χ1) is 9.88. The van der Waals surface area contributed by atoms with Crippen LogP contribution in [-0.2, 0) is 11.2 Å². The Labute approximate surface area is 126 Å². The molecule has 0 bridgehead atoms. The highest BCUT2D eigenvalue weighted by Gasteiger charge is 2.30. The normalized spacial score (nSPS) is 27.2. The Kier molecular flexibility index (Phi) is 5.03. The Morgan fingerprint density at radius 1 is 1.40 bits per heavy atom. The van der Waals surface area contributed by atoms with Crippen molar-refractivity contribution in [3.8, 4) is 0 Å². The molecule has 1 aromatic carbocycles. The Morgan fingerprint density at radius 3 is 3.10 bits per heavy atom. The van der Waals surface area contributed by atoms with E-state index in [0.29, 0.717) is 6.04 Å². The zero-order valence-electron chi connectivity index (χ0n) is 12.3. The number of benzene rings is 1. The van der Waals surface area contributed by atoms with Gasteiger partial charge in [0.25, 0.3) is 0 Å². The molecule has 2 aliphatic heterocycles. The van der Waals surface area contributed by atoms with Crippen LogP contribution in [0.15, 0.2) is 24.3 Å². The van der Waals surface area contributed by atoms with E-state index in [0.717, 1.165) is 31.2 Å². The van der Waals surface area contributed by atoms with Crippen LogP contribution in [0.3, 0.4) is 0 Å². The molecular formula is C17H25NOS. The number of ether oxygens (including phenoxy) is 1. The van der Waals surface area contributed by atoms with Gasteiger partial charge in [-0.25, -0.2) is 0 Å². The van der Waals surface area contributed by atoms with Gasteiger partial charge in [-0.05, 0) is 49.1 Å². The molecule has 0 aliphatic carbocycles. The van der Waals surface area contributed by atoms with Gasteiger partial charge in [0.2, 0.25) is 0 Å². The molecule has 3 heteroatoms. The van der Waals surface area contributed by atoms with Crippen LogP contribution in [0.1, 0.15) is 43.4 Å². The van der Waals surface area contributed by atoms with Crippen LogP contribution in [-0.4, -0.2) is 30.2 Å². The second-order valence-electron chi connectivity index (χ2n) is 5.76. The quantitative estimate of drug-likeness (QED) is 0.896. The first kappa shape index (κ1) is 14.4. The molecule has 0 radical (unpaired) electrons. The van der Waals surface area contributed by atoms with E-state index >= 15 is 0 Å². The van der Waals surface area contributed by atoms with Crippen molar-refractivity contribution in [2.24, 2.45) is 0 Å². The van der Waals surface area contributed by atoms with Crippen LogP contribution >= 0.6 is 11.8 Å². The van der Waals surface area contributed by atoms with Gasteiger partial charge in [0.1, 0.15) is 0 Å². The van der Waals surface area contributed by atoms with Crippen molar-refractivity contribution in [1.82, 2.24) is 5.32 Å². The molecule has 2 nitrogen and oxygen atoms in total.